The molecule has 0 saturated carbocycles. The number of benzene rings is 1. The molecule has 0 fully saturated rings. The van der Waals surface area contributed by atoms with E-state index >= 15 is 0 Å². The molecule has 23 heavy (non-hydrogen) atoms. The highest BCUT2D eigenvalue weighted by Gasteiger charge is 2.11. The number of hydrogen-bond donors (Lipinski definition) is 2. The Morgan fingerprint density at radius 2 is 1.96 bits per heavy atom. The van der Waals surface area contributed by atoms with E-state index in [4.69, 9.17) is 4.74 Å². The van der Waals surface area contributed by atoms with Crippen LogP contribution in [-0.2, 0) is 4.79 Å². The number of aryl methyl sites for hydroxylation is 1. The van der Waals surface area contributed by atoms with Crippen LogP contribution in [0.25, 0.3) is 0 Å². The van der Waals surface area contributed by atoms with Crippen molar-refractivity contribution in [2.45, 2.75) is 19.9 Å². The minimum absolute atomic E-state index is 0.0520. The fourth-order valence-corrected chi connectivity index (χ4v) is 2.52. The molecule has 5 nitrogen and oxygen atoms in total. The lowest BCUT2D eigenvalue weighted by atomic mass is 10.2. The van der Waals surface area contributed by atoms with Crippen molar-refractivity contribution in [3.8, 4) is 5.75 Å². The summed E-state index contributed by atoms with van der Waals surface area (Å²) in [7, 11) is 0. The van der Waals surface area contributed by atoms with Crippen LogP contribution in [-0.4, -0.2) is 31.0 Å². The highest BCUT2D eigenvalue weighted by Crippen LogP contribution is 2.11. The molecule has 1 aromatic carbocycles. The molecular formula is C17H20N2O3S. The van der Waals surface area contributed by atoms with Crippen molar-refractivity contribution in [2.75, 3.05) is 13.2 Å². The minimum atomic E-state index is -0.245. The van der Waals surface area contributed by atoms with Crippen LogP contribution >= 0.6 is 11.3 Å². The van der Waals surface area contributed by atoms with Gasteiger partial charge >= 0.3 is 0 Å². The smallest absolute Gasteiger partial charge is 0.252 e. The number of carbonyl (C=O) groups is 2. The van der Waals surface area contributed by atoms with Gasteiger partial charge in [-0.25, -0.2) is 0 Å². The van der Waals surface area contributed by atoms with Gasteiger partial charge in [0.25, 0.3) is 5.91 Å². The van der Waals surface area contributed by atoms with Crippen LogP contribution in [0.5, 0.6) is 5.75 Å². The highest BCUT2D eigenvalue weighted by atomic mass is 32.1. The summed E-state index contributed by atoms with van der Waals surface area (Å²) in [6, 6.07) is 9.30. The van der Waals surface area contributed by atoms with Crippen LogP contribution in [0.3, 0.4) is 0 Å². The maximum Gasteiger partial charge on any atom is 0.252 e. The van der Waals surface area contributed by atoms with Crippen LogP contribution in [0.2, 0.25) is 0 Å². The fraction of sp³-hybridized carbons (Fsp3) is 0.294. The summed E-state index contributed by atoms with van der Waals surface area (Å²) in [5, 5.41) is 8.93. The van der Waals surface area contributed by atoms with E-state index in [0.717, 1.165) is 5.75 Å². The lowest BCUT2D eigenvalue weighted by Gasteiger charge is -2.15. The maximum atomic E-state index is 11.8. The van der Waals surface area contributed by atoms with Gasteiger partial charge in [-0.05, 0) is 37.4 Å². The standard InChI is InChI=1S/C17H20N2O3S/c1-12-3-5-15(6-4-12)22-10-13(2)19-16(20)9-18-17(21)14-7-8-23-11-14/h3-8,11,13H,9-10H2,1-2H3,(H,18,21)(H,19,20)/t13-/m0/s1. The van der Waals surface area contributed by atoms with Gasteiger partial charge in [-0.2, -0.15) is 11.3 Å². The minimum Gasteiger partial charge on any atom is -0.491 e. The molecule has 0 spiro atoms. The molecular weight excluding hydrogens is 312 g/mol. The van der Waals surface area contributed by atoms with Gasteiger partial charge in [-0.15, -0.1) is 0 Å². The molecule has 1 heterocycles. The third-order valence-corrected chi connectivity index (χ3v) is 3.80. The van der Waals surface area contributed by atoms with Crippen molar-refractivity contribution >= 4 is 23.2 Å². The molecule has 1 aromatic heterocycles. The zero-order chi connectivity index (χ0) is 16.7. The first-order valence-corrected chi connectivity index (χ1v) is 8.28. The second-order valence-electron chi connectivity index (χ2n) is 5.29. The molecule has 0 aliphatic carbocycles. The number of nitrogens with one attached hydrogen (secondary N) is 2. The first kappa shape index (κ1) is 17.0. The summed E-state index contributed by atoms with van der Waals surface area (Å²) in [4.78, 5) is 23.5. The van der Waals surface area contributed by atoms with Gasteiger partial charge in [0.05, 0.1) is 12.6 Å². The van der Waals surface area contributed by atoms with Crippen molar-refractivity contribution in [2.24, 2.45) is 0 Å². The highest BCUT2D eigenvalue weighted by molar-refractivity contribution is 7.08. The Bertz CT molecular complexity index is 638. The predicted octanol–water partition coefficient (Wildman–Crippen LogP) is 2.37. The van der Waals surface area contributed by atoms with Gasteiger partial charge in [0.15, 0.2) is 0 Å². The number of rotatable bonds is 7. The largest absolute Gasteiger partial charge is 0.491 e. The lowest BCUT2D eigenvalue weighted by Crippen LogP contribution is -2.43. The molecule has 0 radical (unpaired) electrons. The Morgan fingerprint density at radius 3 is 2.61 bits per heavy atom. The summed E-state index contributed by atoms with van der Waals surface area (Å²) in [5.41, 5.74) is 1.73. The zero-order valence-corrected chi connectivity index (χ0v) is 14.0. The monoisotopic (exact) mass is 332 g/mol. The molecule has 1 atom stereocenters. The first-order chi connectivity index (χ1) is 11.0. The van der Waals surface area contributed by atoms with E-state index in [2.05, 4.69) is 10.6 Å². The molecule has 0 bridgehead atoms. The molecule has 2 aromatic rings. The first-order valence-electron chi connectivity index (χ1n) is 7.34. The second-order valence-corrected chi connectivity index (χ2v) is 6.07. The summed E-state index contributed by atoms with van der Waals surface area (Å²) < 4.78 is 5.61. The quantitative estimate of drug-likeness (QED) is 0.818. The average molecular weight is 332 g/mol. The summed E-state index contributed by atoms with van der Waals surface area (Å²) >= 11 is 1.44. The molecule has 0 saturated heterocycles. The topological polar surface area (TPSA) is 67.4 Å². The third kappa shape index (κ3) is 5.75. The molecule has 2 amide bonds. The normalized spacial score (nSPS) is 11.6. The van der Waals surface area contributed by atoms with E-state index < -0.39 is 0 Å². The fourth-order valence-electron chi connectivity index (χ4n) is 1.88. The van der Waals surface area contributed by atoms with E-state index in [0.29, 0.717) is 12.2 Å². The van der Waals surface area contributed by atoms with E-state index in [1.165, 1.54) is 16.9 Å². The number of hydrogen-bond acceptors (Lipinski definition) is 4. The Kier molecular flexibility index (Phi) is 6.17. The van der Waals surface area contributed by atoms with Gasteiger partial charge in [0.1, 0.15) is 12.4 Å². The van der Waals surface area contributed by atoms with Crippen LogP contribution in [0, 0.1) is 6.92 Å². The van der Waals surface area contributed by atoms with Crippen molar-refractivity contribution in [3.63, 3.8) is 0 Å². The van der Waals surface area contributed by atoms with E-state index in [-0.39, 0.29) is 24.4 Å². The summed E-state index contributed by atoms with van der Waals surface area (Å²) in [5.74, 6) is 0.279. The van der Waals surface area contributed by atoms with E-state index in [9.17, 15) is 9.59 Å². The summed E-state index contributed by atoms with van der Waals surface area (Å²) in [6.45, 7) is 4.18. The second kappa shape index (κ2) is 8.33. The van der Waals surface area contributed by atoms with Crippen molar-refractivity contribution in [1.82, 2.24) is 10.6 Å². The molecule has 6 heteroatoms. The van der Waals surface area contributed by atoms with Gasteiger partial charge in [-0.3, -0.25) is 9.59 Å². The number of thiophene rings is 1. The average Bonchev–Trinajstić information content (AvgIpc) is 3.06. The Labute approximate surface area is 139 Å². The lowest BCUT2D eigenvalue weighted by molar-refractivity contribution is -0.120. The maximum absolute atomic E-state index is 11.8. The molecule has 2 N–H and O–H groups in total. The molecule has 0 aliphatic rings. The van der Waals surface area contributed by atoms with Crippen LogP contribution in [0.1, 0.15) is 22.8 Å². The van der Waals surface area contributed by atoms with Gasteiger partial charge in [0.2, 0.25) is 5.91 Å². The SMILES string of the molecule is Cc1ccc(OC[C@H](C)NC(=O)CNC(=O)c2ccsc2)cc1. The van der Waals surface area contributed by atoms with Crippen molar-refractivity contribution < 1.29 is 14.3 Å². The number of ether oxygens (including phenoxy) is 1. The third-order valence-electron chi connectivity index (χ3n) is 3.12. The number of amides is 2. The van der Waals surface area contributed by atoms with Crippen LogP contribution in [0.15, 0.2) is 41.1 Å². The van der Waals surface area contributed by atoms with Gasteiger partial charge in [-0.1, -0.05) is 17.7 Å². The Hall–Kier alpha value is -2.34. The van der Waals surface area contributed by atoms with Crippen LogP contribution < -0.4 is 15.4 Å². The van der Waals surface area contributed by atoms with Gasteiger partial charge < -0.3 is 15.4 Å². The molecule has 0 aliphatic heterocycles. The van der Waals surface area contributed by atoms with Crippen molar-refractivity contribution in [3.05, 3.63) is 52.2 Å². The molecule has 0 unspecified atom stereocenters. The van der Waals surface area contributed by atoms with Crippen molar-refractivity contribution in [1.29, 1.82) is 0 Å². The zero-order valence-electron chi connectivity index (χ0n) is 13.2. The van der Waals surface area contributed by atoms with E-state index in [1.807, 2.05) is 43.5 Å². The number of carbonyl (C=O) groups excluding carboxylic acids is 2. The Balaban J connectivity index is 1.68. The Morgan fingerprint density at radius 1 is 1.22 bits per heavy atom. The molecule has 122 valence electrons. The van der Waals surface area contributed by atoms with Crippen LogP contribution in [0.4, 0.5) is 0 Å². The van der Waals surface area contributed by atoms with Gasteiger partial charge in [0, 0.05) is 10.9 Å². The summed E-state index contributed by atoms with van der Waals surface area (Å²) in [6.07, 6.45) is 0. The predicted molar refractivity (Wildman–Crippen MR) is 90.9 cm³/mol. The van der Waals surface area contributed by atoms with E-state index in [1.54, 1.807) is 11.4 Å². The molecule has 2 rings (SSSR count).